The van der Waals surface area contributed by atoms with Crippen molar-refractivity contribution in [2.75, 3.05) is 13.1 Å². The molecule has 0 aromatic heterocycles. The van der Waals surface area contributed by atoms with Crippen molar-refractivity contribution in [2.24, 2.45) is 5.41 Å². The molecule has 0 radical (unpaired) electrons. The van der Waals surface area contributed by atoms with Gasteiger partial charge < -0.3 is 10.0 Å². The first-order valence-corrected chi connectivity index (χ1v) is 6.19. The second-order valence-electron chi connectivity index (χ2n) is 4.94. The van der Waals surface area contributed by atoms with E-state index in [4.69, 9.17) is 16.7 Å². The van der Waals surface area contributed by atoms with E-state index in [0.29, 0.717) is 13.0 Å². The van der Waals surface area contributed by atoms with Crippen LogP contribution in [0.3, 0.4) is 0 Å². The fourth-order valence-electron chi connectivity index (χ4n) is 2.15. The smallest absolute Gasteiger partial charge is 0.311 e. The van der Waals surface area contributed by atoms with Gasteiger partial charge in [0.05, 0.1) is 16.0 Å². The number of benzene rings is 1. The Kier molecular flexibility index (Phi) is 3.49. The molecule has 1 aliphatic heterocycles. The number of carboxylic acids is 1. The molecule has 2 rings (SSSR count). The van der Waals surface area contributed by atoms with Crippen molar-refractivity contribution in [3.05, 3.63) is 34.6 Å². The Bertz CT molecular complexity index is 549. The van der Waals surface area contributed by atoms with E-state index in [2.05, 4.69) is 0 Å². The lowest BCUT2D eigenvalue weighted by atomic mass is 9.90. The number of hydrogen-bond donors (Lipinski definition) is 1. The molecule has 1 amide bonds. The normalized spacial score (nSPS) is 22.6. The molecule has 1 aromatic rings. The van der Waals surface area contributed by atoms with Crippen molar-refractivity contribution < 1.29 is 19.1 Å². The molecule has 0 saturated carbocycles. The molecule has 19 heavy (non-hydrogen) atoms. The zero-order valence-electron chi connectivity index (χ0n) is 10.3. The standard InChI is InChI=1S/C13H13ClFNO3/c1-13(12(18)19)5-6-16(7-13)11(17)8-3-2-4-9(15)10(8)14/h2-4H,5-7H2,1H3,(H,18,19). The molecule has 1 atom stereocenters. The summed E-state index contributed by atoms with van der Waals surface area (Å²) in [6.07, 6.45) is 0.376. The third-order valence-electron chi connectivity index (χ3n) is 3.46. The van der Waals surface area contributed by atoms with Gasteiger partial charge in [0.15, 0.2) is 0 Å². The Morgan fingerprint density at radius 1 is 1.47 bits per heavy atom. The van der Waals surface area contributed by atoms with Crippen LogP contribution in [0.15, 0.2) is 18.2 Å². The molecular formula is C13H13ClFNO3. The highest BCUT2D eigenvalue weighted by Gasteiger charge is 2.42. The van der Waals surface area contributed by atoms with E-state index in [1.807, 2.05) is 0 Å². The summed E-state index contributed by atoms with van der Waals surface area (Å²) in [5.41, 5.74) is -0.883. The van der Waals surface area contributed by atoms with Crippen molar-refractivity contribution in [2.45, 2.75) is 13.3 Å². The summed E-state index contributed by atoms with van der Waals surface area (Å²) in [5, 5.41) is 8.89. The van der Waals surface area contributed by atoms with Crippen molar-refractivity contribution in [1.82, 2.24) is 4.90 Å². The highest BCUT2D eigenvalue weighted by Crippen LogP contribution is 2.32. The summed E-state index contributed by atoms with van der Waals surface area (Å²) in [4.78, 5) is 24.7. The number of amides is 1. The van der Waals surface area contributed by atoms with Gasteiger partial charge in [0.25, 0.3) is 5.91 Å². The quantitative estimate of drug-likeness (QED) is 0.908. The van der Waals surface area contributed by atoms with Crippen LogP contribution in [0, 0.1) is 11.2 Å². The fourth-order valence-corrected chi connectivity index (χ4v) is 2.36. The second-order valence-corrected chi connectivity index (χ2v) is 5.32. The number of nitrogens with zero attached hydrogens (tertiary/aromatic N) is 1. The maximum atomic E-state index is 13.3. The molecule has 1 aromatic carbocycles. The van der Waals surface area contributed by atoms with E-state index in [1.54, 1.807) is 6.92 Å². The number of likely N-dealkylation sites (tertiary alicyclic amines) is 1. The Labute approximate surface area is 114 Å². The van der Waals surface area contributed by atoms with Crippen LogP contribution >= 0.6 is 11.6 Å². The van der Waals surface area contributed by atoms with Crippen molar-refractivity contribution in [1.29, 1.82) is 0 Å². The van der Waals surface area contributed by atoms with Crippen LogP contribution in [-0.4, -0.2) is 35.0 Å². The first kappa shape index (κ1) is 13.8. The summed E-state index contributed by atoms with van der Waals surface area (Å²) in [6, 6.07) is 4.01. The van der Waals surface area contributed by atoms with Crippen LogP contribution in [0.25, 0.3) is 0 Å². The molecule has 1 fully saturated rings. The van der Waals surface area contributed by atoms with Crippen molar-refractivity contribution >= 4 is 23.5 Å². The highest BCUT2D eigenvalue weighted by molar-refractivity contribution is 6.34. The minimum Gasteiger partial charge on any atom is -0.481 e. The third kappa shape index (κ3) is 2.42. The zero-order valence-corrected chi connectivity index (χ0v) is 11.1. The second kappa shape index (κ2) is 4.81. The third-order valence-corrected chi connectivity index (χ3v) is 3.84. The first-order chi connectivity index (χ1) is 8.85. The number of rotatable bonds is 2. The summed E-state index contributed by atoms with van der Waals surface area (Å²) in [5.74, 6) is -2.03. The molecule has 1 saturated heterocycles. The van der Waals surface area contributed by atoms with Crippen LogP contribution in [0.5, 0.6) is 0 Å². The lowest BCUT2D eigenvalue weighted by Crippen LogP contribution is -2.35. The Morgan fingerprint density at radius 2 is 2.16 bits per heavy atom. The number of hydrogen-bond acceptors (Lipinski definition) is 2. The van der Waals surface area contributed by atoms with Gasteiger partial charge in [-0.2, -0.15) is 0 Å². The van der Waals surface area contributed by atoms with Gasteiger partial charge in [-0.3, -0.25) is 9.59 Å². The van der Waals surface area contributed by atoms with Crippen LogP contribution in [0.4, 0.5) is 4.39 Å². The van der Waals surface area contributed by atoms with Gasteiger partial charge in [-0.25, -0.2) is 4.39 Å². The van der Waals surface area contributed by atoms with Crippen LogP contribution in [-0.2, 0) is 4.79 Å². The van der Waals surface area contributed by atoms with Crippen LogP contribution < -0.4 is 0 Å². The van der Waals surface area contributed by atoms with Gasteiger partial charge in [-0.15, -0.1) is 0 Å². The van der Waals surface area contributed by atoms with E-state index in [-0.39, 0.29) is 17.1 Å². The van der Waals surface area contributed by atoms with Gasteiger partial charge in [-0.1, -0.05) is 17.7 Å². The highest BCUT2D eigenvalue weighted by atomic mass is 35.5. The average Bonchev–Trinajstić information content (AvgIpc) is 2.76. The molecule has 1 aliphatic rings. The van der Waals surface area contributed by atoms with Crippen molar-refractivity contribution in [3.8, 4) is 0 Å². The number of aliphatic carboxylic acids is 1. The molecule has 1 unspecified atom stereocenters. The van der Waals surface area contributed by atoms with Gasteiger partial charge >= 0.3 is 5.97 Å². The lowest BCUT2D eigenvalue weighted by molar-refractivity contribution is -0.147. The molecule has 0 spiro atoms. The summed E-state index contributed by atoms with van der Waals surface area (Å²) in [6.45, 7) is 2.03. The molecule has 1 N–H and O–H groups in total. The van der Waals surface area contributed by atoms with Gasteiger partial charge in [-0.05, 0) is 25.5 Å². The molecule has 0 bridgehead atoms. The summed E-state index contributed by atoms with van der Waals surface area (Å²) in [7, 11) is 0. The Hall–Kier alpha value is -1.62. The number of carboxylic acid groups (broad SMARTS) is 1. The largest absolute Gasteiger partial charge is 0.481 e. The molecule has 0 aliphatic carbocycles. The van der Waals surface area contributed by atoms with E-state index in [9.17, 15) is 14.0 Å². The maximum absolute atomic E-state index is 13.3. The number of carbonyl (C=O) groups is 2. The first-order valence-electron chi connectivity index (χ1n) is 5.82. The van der Waals surface area contributed by atoms with Gasteiger partial charge in [0, 0.05) is 13.1 Å². The van der Waals surface area contributed by atoms with Gasteiger partial charge in [0.1, 0.15) is 5.82 Å². The molecular weight excluding hydrogens is 273 g/mol. The SMILES string of the molecule is CC1(C(=O)O)CCN(C(=O)c2cccc(F)c2Cl)C1. The monoisotopic (exact) mass is 285 g/mol. The molecule has 6 heteroatoms. The van der Waals surface area contributed by atoms with E-state index < -0.39 is 23.1 Å². The summed E-state index contributed by atoms with van der Waals surface area (Å²) >= 11 is 5.76. The van der Waals surface area contributed by atoms with E-state index in [1.165, 1.54) is 23.1 Å². The Morgan fingerprint density at radius 3 is 2.74 bits per heavy atom. The van der Waals surface area contributed by atoms with Gasteiger partial charge in [0.2, 0.25) is 0 Å². The minimum atomic E-state index is -0.949. The minimum absolute atomic E-state index is 0.0660. The molecule has 102 valence electrons. The predicted octanol–water partition coefficient (Wildman–Crippen LogP) is 2.42. The number of halogens is 2. The zero-order chi connectivity index (χ0) is 14.2. The van der Waals surface area contributed by atoms with Crippen LogP contribution in [0.2, 0.25) is 5.02 Å². The average molecular weight is 286 g/mol. The summed E-state index contributed by atoms with van der Waals surface area (Å²) < 4.78 is 13.3. The number of carbonyl (C=O) groups excluding carboxylic acids is 1. The Balaban J connectivity index is 2.23. The van der Waals surface area contributed by atoms with Crippen molar-refractivity contribution in [3.63, 3.8) is 0 Å². The maximum Gasteiger partial charge on any atom is 0.311 e. The topological polar surface area (TPSA) is 57.6 Å². The lowest BCUT2D eigenvalue weighted by Gasteiger charge is -2.20. The van der Waals surface area contributed by atoms with E-state index >= 15 is 0 Å². The molecule has 1 heterocycles. The predicted molar refractivity (Wildman–Crippen MR) is 67.7 cm³/mol. The van der Waals surface area contributed by atoms with E-state index in [0.717, 1.165) is 0 Å². The fraction of sp³-hybridized carbons (Fsp3) is 0.385. The molecule has 4 nitrogen and oxygen atoms in total. The van der Waals surface area contributed by atoms with Crippen LogP contribution in [0.1, 0.15) is 23.7 Å².